The van der Waals surface area contributed by atoms with Crippen molar-refractivity contribution < 1.29 is 13.2 Å². The Hall–Kier alpha value is -1.47. The first-order valence-electron chi connectivity index (χ1n) is 7.71. The van der Waals surface area contributed by atoms with Crippen LogP contribution in [0.15, 0.2) is 24.5 Å². The highest BCUT2D eigenvalue weighted by Gasteiger charge is 2.50. The van der Waals surface area contributed by atoms with Crippen LogP contribution in [0.1, 0.15) is 31.7 Å². The van der Waals surface area contributed by atoms with Gasteiger partial charge in [0.1, 0.15) is 0 Å². The van der Waals surface area contributed by atoms with Crippen molar-refractivity contribution >= 4 is 15.9 Å². The SMILES string of the molecule is CCCS(=O)(=O)N1CC[C@@H]2[C@@H]1CC(=O)N2Cc1cccnc1. The van der Waals surface area contributed by atoms with E-state index >= 15 is 0 Å². The van der Waals surface area contributed by atoms with Crippen LogP contribution in [-0.4, -0.2) is 52.9 Å². The molecule has 0 aliphatic carbocycles. The molecule has 0 radical (unpaired) electrons. The van der Waals surface area contributed by atoms with E-state index in [0.717, 1.165) is 12.0 Å². The van der Waals surface area contributed by atoms with Gasteiger partial charge in [-0.15, -0.1) is 0 Å². The van der Waals surface area contributed by atoms with E-state index < -0.39 is 10.0 Å². The number of fused-ring (bicyclic) bond motifs is 1. The number of amides is 1. The second-order valence-electron chi connectivity index (χ2n) is 5.94. The summed E-state index contributed by atoms with van der Waals surface area (Å²) in [5.41, 5.74) is 0.978. The molecule has 120 valence electrons. The molecule has 2 aliphatic rings. The summed E-state index contributed by atoms with van der Waals surface area (Å²) in [5, 5.41) is 0. The zero-order valence-corrected chi connectivity index (χ0v) is 13.5. The molecule has 0 saturated carbocycles. The van der Waals surface area contributed by atoms with Crippen molar-refractivity contribution in [2.75, 3.05) is 12.3 Å². The number of sulfonamides is 1. The Morgan fingerprint density at radius 1 is 1.36 bits per heavy atom. The molecule has 1 aromatic heterocycles. The van der Waals surface area contributed by atoms with Crippen molar-refractivity contribution in [3.63, 3.8) is 0 Å². The summed E-state index contributed by atoms with van der Waals surface area (Å²) in [5.74, 6) is 0.197. The van der Waals surface area contributed by atoms with Crippen molar-refractivity contribution in [1.29, 1.82) is 0 Å². The molecule has 7 heteroatoms. The number of hydrogen-bond donors (Lipinski definition) is 0. The number of hydrogen-bond acceptors (Lipinski definition) is 4. The topological polar surface area (TPSA) is 70.6 Å². The molecule has 3 rings (SSSR count). The Bertz CT molecular complexity index is 647. The van der Waals surface area contributed by atoms with Gasteiger partial charge in [0.15, 0.2) is 0 Å². The average Bonchev–Trinajstić information content (AvgIpc) is 3.01. The molecule has 0 aromatic carbocycles. The second kappa shape index (κ2) is 5.96. The molecule has 2 fully saturated rings. The van der Waals surface area contributed by atoms with Gasteiger partial charge in [-0.3, -0.25) is 9.78 Å². The lowest BCUT2D eigenvalue weighted by Gasteiger charge is -2.25. The second-order valence-corrected chi connectivity index (χ2v) is 7.98. The first-order chi connectivity index (χ1) is 10.5. The van der Waals surface area contributed by atoms with Gasteiger partial charge in [0.2, 0.25) is 15.9 Å². The summed E-state index contributed by atoms with van der Waals surface area (Å²) >= 11 is 0. The summed E-state index contributed by atoms with van der Waals surface area (Å²) in [6.07, 6.45) is 5.07. The first kappa shape index (κ1) is 15.4. The van der Waals surface area contributed by atoms with Crippen LogP contribution in [0.25, 0.3) is 0 Å². The molecule has 0 N–H and O–H groups in total. The van der Waals surface area contributed by atoms with Gasteiger partial charge in [-0.2, -0.15) is 4.31 Å². The third-order valence-corrected chi connectivity index (χ3v) is 6.55. The molecule has 2 atom stereocenters. The monoisotopic (exact) mass is 323 g/mol. The predicted molar refractivity (Wildman–Crippen MR) is 82.4 cm³/mol. The van der Waals surface area contributed by atoms with Gasteiger partial charge >= 0.3 is 0 Å². The molecule has 2 aliphatic heterocycles. The minimum atomic E-state index is -3.24. The number of aromatic nitrogens is 1. The Kier molecular flexibility index (Phi) is 4.18. The third kappa shape index (κ3) is 2.75. The highest BCUT2D eigenvalue weighted by molar-refractivity contribution is 7.89. The van der Waals surface area contributed by atoms with E-state index in [-0.39, 0.29) is 23.7 Å². The maximum absolute atomic E-state index is 12.3. The van der Waals surface area contributed by atoms with Crippen LogP contribution in [0.5, 0.6) is 0 Å². The largest absolute Gasteiger partial charge is 0.334 e. The Balaban J connectivity index is 1.77. The number of likely N-dealkylation sites (tertiary alicyclic amines) is 1. The van der Waals surface area contributed by atoms with Gasteiger partial charge in [0.25, 0.3) is 0 Å². The molecular formula is C15H21N3O3S. The molecule has 0 spiro atoms. The maximum atomic E-state index is 12.3. The minimum absolute atomic E-state index is 0.000614. The molecule has 6 nitrogen and oxygen atoms in total. The Morgan fingerprint density at radius 3 is 2.86 bits per heavy atom. The lowest BCUT2D eigenvalue weighted by molar-refractivity contribution is -0.129. The number of carbonyl (C=O) groups is 1. The van der Waals surface area contributed by atoms with Gasteiger partial charge < -0.3 is 4.90 Å². The highest BCUT2D eigenvalue weighted by atomic mass is 32.2. The lowest BCUT2D eigenvalue weighted by Crippen LogP contribution is -2.40. The van der Waals surface area contributed by atoms with Crippen LogP contribution in [0, 0.1) is 0 Å². The van der Waals surface area contributed by atoms with E-state index in [1.807, 2.05) is 24.0 Å². The third-order valence-electron chi connectivity index (χ3n) is 4.46. The van der Waals surface area contributed by atoms with Crippen LogP contribution < -0.4 is 0 Å². The van der Waals surface area contributed by atoms with E-state index in [1.165, 1.54) is 0 Å². The van der Waals surface area contributed by atoms with E-state index in [2.05, 4.69) is 4.98 Å². The van der Waals surface area contributed by atoms with E-state index in [0.29, 0.717) is 25.9 Å². The lowest BCUT2D eigenvalue weighted by atomic mass is 10.1. The van der Waals surface area contributed by atoms with Crippen molar-refractivity contribution in [2.45, 2.75) is 44.8 Å². The van der Waals surface area contributed by atoms with E-state index in [1.54, 1.807) is 16.7 Å². The van der Waals surface area contributed by atoms with Crippen molar-refractivity contribution in [2.24, 2.45) is 0 Å². The number of carbonyl (C=O) groups excluding carboxylic acids is 1. The summed E-state index contributed by atoms with van der Waals surface area (Å²) in [6, 6.07) is 3.59. The molecule has 3 heterocycles. The van der Waals surface area contributed by atoms with Crippen LogP contribution >= 0.6 is 0 Å². The van der Waals surface area contributed by atoms with E-state index in [9.17, 15) is 13.2 Å². The smallest absolute Gasteiger partial charge is 0.224 e. The summed E-state index contributed by atoms with van der Waals surface area (Å²) in [7, 11) is -3.24. The van der Waals surface area contributed by atoms with E-state index in [4.69, 9.17) is 0 Å². The molecule has 1 amide bonds. The normalized spacial score (nSPS) is 25.7. The fourth-order valence-corrected chi connectivity index (χ4v) is 5.27. The number of pyridine rings is 1. The number of nitrogens with zero attached hydrogens (tertiary/aromatic N) is 3. The molecular weight excluding hydrogens is 302 g/mol. The molecule has 2 saturated heterocycles. The Labute approximate surface area is 131 Å². The van der Waals surface area contributed by atoms with Gasteiger partial charge in [0, 0.05) is 31.9 Å². The standard InChI is InChI=1S/C15H21N3O3S/c1-2-8-22(20,21)18-7-5-13-14(18)9-15(19)17(13)11-12-4-3-6-16-10-12/h3-4,6,10,13-14H,2,5,7-9,11H2,1H3/t13-,14+/m1/s1. The average molecular weight is 323 g/mol. The summed E-state index contributed by atoms with van der Waals surface area (Å²) in [6.45, 7) is 2.89. The minimum Gasteiger partial charge on any atom is -0.334 e. The predicted octanol–water partition coefficient (Wildman–Crippen LogP) is 0.997. The van der Waals surface area contributed by atoms with Gasteiger partial charge in [-0.1, -0.05) is 13.0 Å². The zero-order chi connectivity index (χ0) is 15.7. The highest BCUT2D eigenvalue weighted by Crippen LogP contribution is 2.35. The fraction of sp³-hybridized carbons (Fsp3) is 0.600. The van der Waals surface area contributed by atoms with Gasteiger partial charge in [-0.05, 0) is 24.5 Å². The fourth-order valence-electron chi connectivity index (χ4n) is 3.51. The Morgan fingerprint density at radius 2 is 2.18 bits per heavy atom. The molecule has 1 aromatic rings. The molecule has 0 bridgehead atoms. The van der Waals surface area contributed by atoms with Gasteiger partial charge in [0.05, 0.1) is 17.8 Å². The van der Waals surface area contributed by atoms with Crippen molar-refractivity contribution in [1.82, 2.24) is 14.2 Å². The van der Waals surface area contributed by atoms with Crippen LogP contribution in [0.4, 0.5) is 0 Å². The van der Waals surface area contributed by atoms with Crippen molar-refractivity contribution in [3.05, 3.63) is 30.1 Å². The van der Waals surface area contributed by atoms with Crippen LogP contribution in [0.3, 0.4) is 0 Å². The van der Waals surface area contributed by atoms with Crippen LogP contribution in [0.2, 0.25) is 0 Å². The van der Waals surface area contributed by atoms with Gasteiger partial charge in [-0.25, -0.2) is 8.42 Å². The maximum Gasteiger partial charge on any atom is 0.224 e. The molecule has 0 unspecified atom stereocenters. The first-order valence-corrected chi connectivity index (χ1v) is 9.31. The summed E-state index contributed by atoms with van der Waals surface area (Å²) < 4.78 is 26.2. The molecule has 22 heavy (non-hydrogen) atoms. The van der Waals surface area contributed by atoms with Crippen LogP contribution in [-0.2, 0) is 21.4 Å². The summed E-state index contributed by atoms with van der Waals surface area (Å²) in [4.78, 5) is 18.2. The quantitative estimate of drug-likeness (QED) is 0.810. The van der Waals surface area contributed by atoms with Crippen molar-refractivity contribution in [3.8, 4) is 0 Å². The number of rotatable bonds is 5. The zero-order valence-electron chi connectivity index (χ0n) is 12.7.